The summed E-state index contributed by atoms with van der Waals surface area (Å²) in [6, 6.07) is 2.00. The van der Waals surface area contributed by atoms with E-state index in [2.05, 4.69) is 25.9 Å². The summed E-state index contributed by atoms with van der Waals surface area (Å²) in [5.74, 6) is -0.857. The first kappa shape index (κ1) is 12.1. The molecule has 0 unspecified atom stereocenters. The van der Waals surface area contributed by atoms with Crippen molar-refractivity contribution in [2.45, 2.75) is 39.7 Å². The molecule has 0 fully saturated rings. The Kier molecular flexibility index (Phi) is 3.19. The molecular weight excluding hydrogens is 236 g/mol. The second-order valence-electron chi connectivity index (χ2n) is 4.37. The molecule has 92 valence electrons. The minimum atomic E-state index is -0.857. The topological polar surface area (TPSA) is 55.1 Å². The van der Waals surface area contributed by atoms with Crippen molar-refractivity contribution in [1.82, 2.24) is 9.78 Å². The highest BCUT2D eigenvalue weighted by molar-refractivity contribution is 7.20. The number of carbonyl (C=O) groups is 1. The van der Waals surface area contributed by atoms with Crippen molar-refractivity contribution in [3.63, 3.8) is 0 Å². The van der Waals surface area contributed by atoms with Crippen LogP contribution in [0, 0.1) is 0 Å². The molecule has 2 rings (SSSR count). The van der Waals surface area contributed by atoms with Crippen LogP contribution in [-0.4, -0.2) is 20.9 Å². The normalized spacial score (nSPS) is 11.5. The molecule has 0 amide bonds. The average Bonchev–Trinajstić information content (AvgIpc) is 2.78. The van der Waals surface area contributed by atoms with Crippen LogP contribution >= 0.6 is 11.3 Å². The lowest BCUT2D eigenvalue weighted by atomic mass is 10.2. The number of fused-ring (bicyclic) bond motifs is 1. The number of carboxylic acid groups (broad SMARTS) is 1. The molecule has 0 bridgehead atoms. The van der Waals surface area contributed by atoms with Gasteiger partial charge in [-0.05, 0) is 26.3 Å². The second kappa shape index (κ2) is 4.49. The smallest absolute Gasteiger partial charge is 0.345 e. The fraction of sp³-hybridized carbons (Fsp3) is 0.500. The molecule has 0 saturated heterocycles. The van der Waals surface area contributed by atoms with Gasteiger partial charge >= 0.3 is 5.97 Å². The first-order valence-electron chi connectivity index (χ1n) is 5.78. The van der Waals surface area contributed by atoms with Gasteiger partial charge in [0, 0.05) is 11.4 Å². The minimum Gasteiger partial charge on any atom is -0.477 e. The molecular formula is C12H16N2O2S. The summed E-state index contributed by atoms with van der Waals surface area (Å²) in [6.45, 7) is 6.22. The highest BCUT2D eigenvalue weighted by atomic mass is 32.1. The van der Waals surface area contributed by atoms with Crippen molar-refractivity contribution in [1.29, 1.82) is 0 Å². The Balaban J connectivity index is 2.62. The molecule has 0 aromatic carbocycles. The fourth-order valence-corrected chi connectivity index (χ4v) is 2.97. The summed E-state index contributed by atoms with van der Waals surface area (Å²) in [4.78, 5) is 12.4. The van der Waals surface area contributed by atoms with Crippen LogP contribution in [-0.2, 0) is 6.42 Å². The van der Waals surface area contributed by atoms with Crippen molar-refractivity contribution in [2.24, 2.45) is 0 Å². The minimum absolute atomic E-state index is 0.253. The molecule has 1 N–H and O–H groups in total. The predicted octanol–water partition coefficient (Wildman–Crippen LogP) is 3.33. The summed E-state index contributed by atoms with van der Waals surface area (Å²) in [5.41, 5.74) is 1.01. The van der Waals surface area contributed by atoms with Gasteiger partial charge in [0.1, 0.15) is 9.71 Å². The van der Waals surface area contributed by atoms with E-state index in [1.54, 1.807) is 6.07 Å². The Labute approximate surface area is 104 Å². The van der Waals surface area contributed by atoms with Crippen molar-refractivity contribution in [2.75, 3.05) is 0 Å². The maximum atomic E-state index is 11.0. The van der Waals surface area contributed by atoms with Gasteiger partial charge in [-0.25, -0.2) is 4.79 Å². The van der Waals surface area contributed by atoms with Gasteiger partial charge in [-0.2, -0.15) is 5.10 Å². The van der Waals surface area contributed by atoms with E-state index in [1.165, 1.54) is 11.3 Å². The van der Waals surface area contributed by atoms with Gasteiger partial charge in [-0.3, -0.25) is 4.68 Å². The zero-order valence-electron chi connectivity index (χ0n) is 10.2. The number of aromatic nitrogens is 2. The Morgan fingerprint density at radius 3 is 2.82 bits per heavy atom. The van der Waals surface area contributed by atoms with E-state index in [0.29, 0.717) is 4.88 Å². The zero-order chi connectivity index (χ0) is 12.6. The predicted molar refractivity (Wildman–Crippen MR) is 68.9 cm³/mol. The van der Waals surface area contributed by atoms with E-state index in [-0.39, 0.29) is 6.04 Å². The number of rotatable bonds is 4. The van der Waals surface area contributed by atoms with E-state index in [9.17, 15) is 4.79 Å². The standard InChI is InChI=1S/C12H16N2O2S/c1-4-5-9-8-6-10(12(15)16)17-11(8)14(13-9)7(2)3/h6-7H,4-5H2,1-3H3,(H,15,16). The molecule has 0 aliphatic carbocycles. The summed E-state index contributed by atoms with van der Waals surface area (Å²) >= 11 is 1.31. The lowest BCUT2D eigenvalue weighted by Crippen LogP contribution is -2.02. The third-order valence-corrected chi connectivity index (χ3v) is 3.76. The monoisotopic (exact) mass is 252 g/mol. The number of carboxylic acids is 1. The van der Waals surface area contributed by atoms with E-state index < -0.39 is 5.97 Å². The zero-order valence-corrected chi connectivity index (χ0v) is 11.0. The van der Waals surface area contributed by atoms with E-state index in [0.717, 1.165) is 28.8 Å². The molecule has 0 saturated carbocycles. The van der Waals surface area contributed by atoms with E-state index in [1.807, 2.05) is 4.68 Å². The molecule has 0 aliphatic heterocycles. The van der Waals surface area contributed by atoms with Gasteiger partial charge < -0.3 is 5.11 Å². The highest BCUT2D eigenvalue weighted by Crippen LogP contribution is 2.31. The van der Waals surface area contributed by atoms with Crippen LogP contribution in [0.15, 0.2) is 6.07 Å². The second-order valence-corrected chi connectivity index (χ2v) is 5.40. The molecule has 17 heavy (non-hydrogen) atoms. The van der Waals surface area contributed by atoms with Gasteiger partial charge in [0.05, 0.1) is 5.69 Å². The molecule has 2 aromatic heterocycles. The molecule has 4 nitrogen and oxygen atoms in total. The molecule has 2 aromatic rings. The van der Waals surface area contributed by atoms with Crippen molar-refractivity contribution in [3.8, 4) is 0 Å². The first-order chi connectivity index (χ1) is 8.04. The SMILES string of the molecule is CCCc1nn(C(C)C)c2sc(C(=O)O)cc12. The van der Waals surface area contributed by atoms with Crippen LogP contribution in [0.25, 0.3) is 10.2 Å². The Hall–Kier alpha value is -1.36. The number of aryl methyl sites for hydroxylation is 1. The third kappa shape index (κ3) is 2.07. The fourth-order valence-electron chi connectivity index (χ4n) is 1.86. The molecule has 2 heterocycles. The number of aromatic carboxylic acids is 1. The maximum Gasteiger partial charge on any atom is 0.345 e. The van der Waals surface area contributed by atoms with Crippen molar-refractivity contribution < 1.29 is 9.90 Å². The summed E-state index contributed by atoms with van der Waals surface area (Å²) in [6.07, 6.45) is 1.91. The van der Waals surface area contributed by atoms with Crippen molar-refractivity contribution in [3.05, 3.63) is 16.6 Å². The maximum absolute atomic E-state index is 11.0. The molecule has 5 heteroatoms. The number of hydrogen-bond acceptors (Lipinski definition) is 3. The van der Waals surface area contributed by atoms with E-state index in [4.69, 9.17) is 5.11 Å². The number of hydrogen-bond donors (Lipinski definition) is 1. The number of nitrogens with zero attached hydrogens (tertiary/aromatic N) is 2. The summed E-state index contributed by atoms with van der Waals surface area (Å²) in [7, 11) is 0. The number of thiophene rings is 1. The molecule has 0 spiro atoms. The van der Waals surface area contributed by atoms with Crippen LogP contribution < -0.4 is 0 Å². The summed E-state index contributed by atoms with van der Waals surface area (Å²) < 4.78 is 1.93. The third-order valence-electron chi connectivity index (χ3n) is 2.65. The largest absolute Gasteiger partial charge is 0.477 e. The Morgan fingerprint density at radius 2 is 2.29 bits per heavy atom. The van der Waals surface area contributed by atoms with Crippen molar-refractivity contribution >= 4 is 27.5 Å². The average molecular weight is 252 g/mol. The van der Waals surface area contributed by atoms with Gasteiger partial charge in [0.25, 0.3) is 0 Å². The summed E-state index contributed by atoms with van der Waals surface area (Å²) in [5, 5.41) is 14.6. The lowest BCUT2D eigenvalue weighted by Gasteiger charge is -2.04. The first-order valence-corrected chi connectivity index (χ1v) is 6.60. The quantitative estimate of drug-likeness (QED) is 0.908. The molecule has 0 radical (unpaired) electrons. The Bertz CT molecular complexity index is 554. The van der Waals surface area contributed by atoms with Gasteiger partial charge in [0.2, 0.25) is 0 Å². The van der Waals surface area contributed by atoms with Gasteiger partial charge in [-0.15, -0.1) is 11.3 Å². The van der Waals surface area contributed by atoms with Crippen LogP contribution in [0.5, 0.6) is 0 Å². The molecule has 0 aliphatic rings. The lowest BCUT2D eigenvalue weighted by molar-refractivity contribution is 0.0702. The van der Waals surface area contributed by atoms with Crippen LogP contribution in [0.4, 0.5) is 0 Å². The Morgan fingerprint density at radius 1 is 1.59 bits per heavy atom. The highest BCUT2D eigenvalue weighted by Gasteiger charge is 2.18. The van der Waals surface area contributed by atoms with E-state index >= 15 is 0 Å². The van der Waals surface area contributed by atoms with Crippen LogP contribution in [0.3, 0.4) is 0 Å². The van der Waals surface area contributed by atoms with Gasteiger partial charge in [0.15, 0.2) is 0 Å². The van der Waals surface area contributed by atoms with Gasteiger partial charge in [-0.1, -0.05) is 13.3 Å². The van der Waals surface area contributed by atoms with Crippen LogP contribution in [0.1, 0.15) is 48.6 Å². The molecule has 0 atom stereocenters. The van der Waals surface area contributed by atoms with Crippen LogP contribution in [0.2, 0.25) is 0 Å².